The van der Waals surface area contributed by atoms with Gasteiger partial charge in [-0.15, -0.1) is 6.42 Å². The van der Waals surface area contributed by atoms with Crippen LogP contribution in [0.2, 0.25) is 0 Å². The van der Waals surface area contributed by atoms with E-state index in [-0.39, 0.29) is 0 Å². The fourth-order valence-electron chi connectivity index (χ4n) is 2.58. The van der Waals surface area contributed by atoms with E-state index in [1.54, 1.807) is 0 Å². The molecular formula is C19H15N. The van der Waals surface area contributed by atoms with Crippen molar-refractivity contribution < 1.29 is 0 Å². The molecule has 3 rings (SSSR count). The lowest BCUT2D eigenvalue weighted by Gasteiger charge is -2.08. The Kier molecular flexibility index (Phi) is 3.15. The van der Waals surface area contributed by atoms with E-state index >= 15 is 0 Å². The molecule has 1 aromatic heterocycles. The third-order valence-electron chi connectivity index (χ3n) is 3.39. The Morgan fingerprint density at radius 1 is 1.00 bits per heavy atom. The summed E-state index contributed by atoms with van der Waals surface area (Å²) in [6, 6.07) is 18.6. The molecule has 1 nitrogen and oxygen atoms in total. The highest BCUT2D eigenvalue weighted by Crippen LogP contribution is 2.29. The topological polar surface area (TPSA) is 4.93 Å². The van der Waals surface area contributed by atoms with Crippen LogP contribution in [0.15, 0.2) is 60.7 Å². The summed E-state index contributed by atoms with van der Waals surface area (Å²) in [5.74, 6) is 2.84. The first-order valence-electron chi connectivity index (χ1n) is 6.65. The van der Waals surface area contributed by atoms with Crippen LogP contribution in [0.1, 0.15) is 18.2 Å². The molecule has 0 bridgehead atoms. The quantitative estimate of drug-likeness (QED) is 0.589. The lowest BCUT2D eigenvalue weighted by Crippen LogP contribution is -1.96. The summed E-state index contributed by atoms with van der Waals surface area (Å²) in [4.78, 5) is 0. The Balaban J connectivity index is 2.47. The number of terminal acetylenes is 1. The number of rotatable bonds is 2. The second kappa shape index (κ2) is 5.11. The first-order valence-corrected chi connectivity index (χ1v) is 6.65. The van der Waals surface area contributed by atoms with Gasteiger partial charge in [-0.1, -0.05) is 48.4 Å². The monoisotopic (exact) mass is 257 g/mol. The summed E-state index contributed by atoms with van der Waals surface area (Å²) in [6.45, 7) is 2.01. The highest BCUT2D eigenvalue weighted by atomic mass is 15.0. The van der Waals surface area contributed by atoms with Crippen LogP contribution in [0.5, 0.6) is 0 Å². The third-order valence-corrected chi connectivity index (χ3v) is 3.39. The average Bonchev–Trinajstić information content (AvgIpc) is 2.82. The van der Waals surface area contributed by atoms with Gasteiger partial charge in [0.05, 0.1) is 16.8 Å². The van der Waals surface area contributed by atoms with Crippen LogP contribution in [-0.4, -0.2) is 4.57 Å². The van der Waals surface area contributed by atoms with Crippen LogP contribution in [0.4, 0.5) is 0 Å². The smallest absolute Gasteiger partial charge is 0.0621 e. The molecule has 0 aliphatic rings. The molecule has 0 N–H and O–H groups in total. The Morgan fingerprint density at radius 3 is 2.40 bits per heavy atom. The van der Waals surface area contributed by atoms with E-state index < -0.39 is 0 Å². The highest BCUT2D eigenvalue weighted by molar-refractivity contribution is 5.92. The van der Waals surface area contributed by atoms with Gasteiger partial charge in [0.15, 0.2) is 0 Å². The summed E-state index contributed by atoms with van der Waals surface area (Å²) in [5, 5.41) is 1.12. The molecule has 0 fully saturated rings. The first kappa shape index (κ1) is 12.3. The molecule has 1 heterocycles. The van der Waals surface area contributed by atoms with Gasteiger partial charge in [0, 0.05) is 11.1 Å². The minimum atomic E-state index is 0.947. The summed E-state index contributed by atoms with van der Waals surface area (Å²) in [7, 11) is 0. The minimum absolute atomic E-state index is 0.947. The number of aromatic nitrogens is 1. The molecule has 0 saturated heterocycles. The summed E-state index contributed by atoms with van der Waals surface area (Å²) >= 11 is 0. The average molecular weight is 257 g/mol. The number of para-hydroxylation sites is 2. The molecule has 3 aromatic rings. The Morgan fingerprint density at radius 2 is 1.70 bits per heavy atom. The van der Waals surface area contributed by atoms with Crippen molar-refractivity contribution in [2.24, 2.45) is 0 Å². The molecule has 0 aliphatic carbocycles. The summed E-state index contributed by atoms with van der Waals surface area (Å²) < 4.78 is 2.21. The van der Waals surface area contributed by atoms with E-state index in [0.717, 1.165) is 27.8 Å². The second-order valence-corrected chi connectivity index (χ2v) is 4.59. The van der Waals surface area contributed by atoms with Crippen molar-refractivity contribution in [3.63, 3.8) is 0 Å². The predicted octanol–water partition coefficient (Wildman–Crippen LogP) is 4.64. The number of hydrogen-bond acceptors (Lipinski definition) is 0. The molecule has 0 unspecified atom stereocenters. The summed E-state index contributed by atoms with van der Waals surface area (Å²) in [5.41, 5.74) is 4.27. The van der Waals surface area contributed by atoms with Crippen molar-refractivity contribution in [3.8, 4) is 18.0 Å². The van der Waals surface area contributed by atoms with E-state index in [1.807, 2.05) is 43.3 Å². The Hall–Kier alpha value is -2.72. The first-order chi connectivity index (χ1) is 9.86. The van der Waals surface area contributed by atoms with Crippen molar-refractivity contribution in [2.75, 3.05) is 0 Å². The maximum atomic E-state index is 5.74. The van der Waals surface area contributed by atoms with Crippen LogP contribution < -0.4 is 0 Å². The van der Waals surface area contributed by atoms with Crippen LogP contribution in [0.3, 0.4) is 0 Å². The lowest BCUT2D eigenvalue weighted by molar-refractivity contribution is 1.10. The fourth-order valence-corrected chi connectivity index (χ4v) is 2.58. The van der Waals surface area contributed by atoms with Crippen molar-refractivity contribution in [3.05, 3.63) is 71.9 Å². The molecule has 0 spiro atoms. The van der Waals surface area contributed by atoms with Crippen molar-refractivity contribution in [2.45, 2.75) is 6.92 Å². The summed E-state index contributed by atoms with van der Waals surface area (Å²) in [6.07, 6.45) is 9.84. The molecule has 0 radical (unpaired) electrons. The van der Waals surface area contributed by atoms with Crippen molar-refractivity contribution >= 4 is 17.0 Å². The molecule has 0 amide bonds. The highest BCUT2D eigenvalue weighted by Gasteiger charge is 2.14. The SMILES string of the molecule is C#Cc1c(/C=C\C)n(-c2ccccc2)c2ccccc12. The minimum Gasteiger partial charge on any atom is -0.309 e. The molecule has 20 heavy (non-hydrogen) atoms. The number of hydrogen-bond donors (Lipinski definition) is 0. The largest absolute Gasteiger partial charge is 0.309 e. The van der Waals surface area contributed by atoms with E-state index in [0.29, 0.717) is 0 Å². The lowest BCUT2D eigenvalue weighted by atomic mass is 10.1. The van der Waals surface area contributed by atoms with Crippen LogP contribution >= 0.6 is 0 Å². The van der Waals surface area contributed by atoms with E-state index in [4.69, 9.17) is 6.42 Å². The molecule has 96 valence electrons. The van der Waals surface area contributed by atoms with Gasteiger partial charge < -0.3 is 4.57 Å². The zero-order valence-electron chi connectivity index (χ0n) is 11.4. The third kappa shape index (κ3) is 1.83. The molecule has 0 aliphatic heterocycles. The number of allylic oxidation sites excluding steroid dienone is 1. The van der Waals surface area contributed by atoms with Crippen LogP contribution in [0.25, 0.3) is 22.7 Å². The van der Waals surface area contributed by atoms with Gasteiger partial charge in [0.1, 0.15) is 0 Å². The standard InChI is InChI=1S/C19H15N/c1-3-10-18-16(4-2)17-13-8-9-14-19(17)20(18)15-11-6-5-7-12-15/h2-3,5-14H,1H3/b10-3-. The van der Waals surface area contributed by atoms with Gasteiger partial charge in [0.25, 0.3) is 0 Å². The fraction of sp³-hybridized carbons (Fsp3) is 0.0526. The number of fused-ring (bicyclic) bond motifs is 1. The number of benzene rings is 2. The van der Waals surface area contributed by atoms with Crippen LogP contribution in [-0.2, 0) is 0 Å². The predicted molar refractivity (Wildman–Crippen MR) is 85.9 cm³/mol. The maximum Gasteiger partial charge on any atom is 0.0621 e. The van der Waals surface area contributed by atoms with E-state index in [1.165, 1.54) is 0 Å². The van der Waals surface area contributed by atoms with Gasteiger partial charge in [0.2, 0.25) is 0 Å². The van der Waals surface area contributed by atoms with Crippen molar-refractivity contribution in [1.82, 2.24) is 4.57 Å². The van der Waals surface area contributed by atoms with Gasteiger partial charge in [-0.25, -0.2) is 0 Å². The van der Waals surface area contributed by atoms with Crippen LogP contribution in [0, 0.1) is 12.3 Å². The maximum absolute atomic E-state index is 5.74. The van der Waals surface area contributed by atoms with E-state index in [9.17, 15) is 0 Å². The molecular weight excluding hydrogens is 242 g/mol. The van der Waals surface area contributed by atoms with Crippen molar-refractivity contribution in [1.29, 1.82) is 0 Å². The van der Waals surface area contributed by atoms with Gasteiger partial charge in [-0.05, 0) is 31.2 Å². The molecule has 1 heteroatoms. The van der Waals surface area contributed by atoms with Gasteiger partial charge in [-0.3, -0.25) is 0 Å². The van der Waals surface area contributed by atoms with Gasteiger partial charge >= 0.3 is 0 Å². The zero-order chi connectivity index (χ0) is 13.9. The normalized spacial score (nSPS) is 11.0. The number of nitrogens with zero attached hydrogens (tertiary/aromatic N) is 1. The molecule has 0 atom stereocenters. The van der Waals surface area contributed by atoms with Gasteiger partial charge in [-0.2, -0.15) is 0 Å². The molecule has 2 aromatic carbocycles. The Bertz CT molecular complexity index is 814. The van der Waals surface area contributed by atoms with E-state index in [2.05, 4.69) is 40.8 Å². The second-order valence-electron chi connectivity index (χ2n) is 4.59. The Labute approximate surface area is 119 Å². The zero-order valence-corrected chi connectivity index (χ0v) is 11.4. The molecule has 0 saturated carbocycles.